The summed E-state index contributed by atoms with van der Waals surface area (Å²) in [6.45, 7) is 6.34. The van der Waals surface area contributed by atoms with E-state index in [0.29, 0.717) is 6.54 Å². The normalized spacial score (nSPS) is 19.7. The zero-order valence-corrected chi connectivity index (χ0v) is 12.4. The number of rotatable bonds is 1. The maximum atomic E-state index is 12.2. The number of carbonyl (C=O) groups is 1. The summed E-state index contributed by atoms with van der Waals surface area (Å²) < 4.78 is 5.45. The van der Waals surface area contributed by atoms with Gasteiger partial charge < -0.3 is 10.5 Å². The summed E-state index contributed by atoms with van der Waals surface area (Å²) in [7, 11) is 0. The first-order valence-electron chi connectivity index (χ1n) is 7.21. The van der Waals surface area contributed by atoms with Crippen LogP contribution in [-0.2, 0) is 16.7 Å². The molecule has 1 fully saturated rings. The molecule has 2 N–H and O–H groups in total. The fourth-order valence-electron chi connectivity index (χ4n) is 2.64. The van der Waals surface area contributed by atoms with Gasteiger partial charge in [0.15, 0.2) is 0 Å². The molecule has 1 heterocycles. The Kier molecular flexibility index (Phi) is 2.83. The average molecular weight is 274 g/mol. The Labute approximate surface area is 119 Å². The molecule has 1 amide bonds. The number of benzene rings is 1. The molecule has 20 heavy (non-hydrogen) atoms. The average Bonchev–Trinajstić information content (AvgIpc) is 2.95. The van der Waals surface area contributed by atoms with Crippen molar-refractivity contribution in [2.45, 2.75) is 51.2 Å². The first-order chi connectivity index (χ1) is 9.28. The molecule has 0 atom stereocenters. The van der Waals surface area contributed by atoms with Gasteiger partial charge >= 0.3 is 6.09 Å². The summed E-state index contributed by atoms with van der Waals surface area (Å²) in [5.41, 5.74) is 9.02. The van der Waals surface area contributed by atoms with Gasteiger partial charge in [0.1, 0.15) is 5.60 Å². The molecule has 1 aliphatic heterocycles. The summed E-state index contributed by atoms with van der Waals surface area (Å²) in [5.74, 6) is 0. The van der Waals surface area contributed by atoms with E-state index in [1.54, 1.807) is 4.90 Å². The molecule has 1 aromatic rings. The van der Waals surface area contributed by atoms with E-state index in [1.807, 2.05) is 26.8 Å². The minimum Gasteiger partial charge on any atom is -0.443 e. The SMILES string of the molecule is CC(C)(C)OC(=O)N1CCc2cc(C3(N)CC3)ccc21. The number of anilines is 1. The highest BCUT2D eigenvalue weighted by atomic mass is 16.6. The van der Waals surface area contributed by atoms with Gasteiger partial charge in [0.2, 0.25) is 0 Å². The van der Waals surface area contributed by atoms with Crippen molar-refractivity contribution in [1.82, 2.24) is 0 Å². The molecule has 2 aliphatic rings. The topological polar surface area (TPSA) is 55.6 Å². The third kappa shape index (κ3) is 2.40. The summed E-state index contributed by atoms with van der Waals surface area (Å²) in [6, 6.07) is 6.22. The molecule has 3 rings (SSSR count). The van der Waals surface area contributed by atoms with Crippen LogP contribution in [0.3, 0.4) is 0 Å². The first kappa shape index (κ1) is 13.4. The highest BCUT2D eigenvalue weighted by molar-refractivity contribution is 5.90. The van der Waals surface area contributed by atoms with Crippen molar-refractivity contribution in [3.8, 4) is 0 Å². The maximum Gasteiger partial charge on any atom is 0.414 e. The molecule has 0 unspecified atom stereocenters. The summed E-state index contributed by atoms with van der Waals surface area (Å²) in [5, 5.41) is 0. The van der Waals surface area contributed by atoms with Crippen molar-refractivity contribution in [3.05, 3.63) is 29.3 Å². The van der Waals surface area contributed by atoms with Gasteiger partial charge in [-0.3, -0.25) is 4.90 Å². The molecule has 0 radical (unpaired) electrons. The van der Waals surface area contributed by atoms with Gasteiger partial charge in [-0.05, 0) is 57.2 Å². The Morgan fingerprint density at radius 3 is 2.65 bits per heavy atom. The summed E-state index contributed by atoms with van der Waals surface area (Å²) in [4.78, 5) is 13.9. The van der Waals surface area contributed by atoms with E-state index in [2.05, 4.69) is 12.1 Å². The molecule has 1 aliphatic carbocycles. The molecule has 0 aromatic heterocycles. The third-order valence-electron chi connectivity index (χ3n) is 3.95. The molecule has 4 nitrogen and oxygen atoms in total. The second-order valence-electron chi connectivity index (χ2n) is 6.88. The highest BCUT2D eigenvalue weighted by Gasteiger charge is 2.41. The van der Waals surface area contributed by atoms with Gasteiger partial charge in [-0.15, -0.1) is 0 Å². The number of fused-ring (bicyclic) bond motifs is 1. The van der Waals surface area contributed by atoms with Crippen molar-refractivity contribution in [2.75, 3.05) is 11.4 Å². The minimum absolute atomic E-state index is 0.117. The quantitative estimate of drug-likeness (QED) is 0.856. The van der Waals surface area contributed by atoms with E-state index in [9.17, 15) is 4.79 Å². The van der Waals surface area contributed by atoms with Crippen molar-refractivity contribution >= 4 is 11.8 Å². The van der Waals surface area contributed by atoms with E-state index in [4.69, 9.17) is 10.5 Å². The number of ether oxygens (including phenoxy) is 1. The van der Waals surface area contributed by atoms with Gasteiger partial charge in [0.25, 0.3) is 0 Å². The minimum atomic E-state index is -0.463. The Morgan fingerprint density at radius 2 is 2.05 bits per heavy atom. The van der Waals surface area contributed by atoms with E-state index < -0.39 is 5.60 Å². The number of nitrogens with two attached hydrogens (primary N) is 1. The van der Waals surface area contributed by atoms with E-state index >= 15 is 0 Å². The molecule has 0 spiro atoms. The fourth-order valence-corrected chi connectivity index (χ4v) is 2.64. The summed E-state index contributed by atoms with van der Waals surface area (Å²) >= 11 is 0. The number of amides is 1. The number of nitrogens with zero attached hydrogens (tertiary/aromatic N) is 1. The molecule has 1 saturated carbocycles. The van der Waals surface area contributed by atoms with Crippen LogP contribution in [0.25, 0.3) is 0 Å². The standard InChI is InChI=1S/C16H22N2O2/c1-15(2,3)20-14(19)18-9-6-11-10-12(4-5-13(11)18)16(17)7-8-16/h4-5,10H,6-9,17H2,1-3H3. The van der Waals surface area contributed by atoms with E-state index in [0.717, 1.165) is 24.9 Å². The fraction of sp³-hybridized carbons (Fsp3) is 0.562. The Morgan fingerprint density at radius 1 is 1.35 bits per heavy atom. The van der Waals surface area contributed by atoms with Crippen LogP contribution in [0.2, 0.25) is 0 Å². The van der Waals surface area contributed by atoms with Crippen LogP contribution in [0.1, 0.15) is 44.7 Å². The predicted octanol–water partition coefficient (Wildman–Crippen LogP) is 2.93. The largest absolute Gasteiger partial charge is 0.443 e. The predicted molar refractivity (Wildman–Crippen MR) is 78.8 cm³/mol. The lowest BCUT2D eigenvalue weighted by Crippen LogP contribution is -2.35. The van der Waals surface area contributed by atoms with Gasteiger partial charge in [0, 0.05) is 12.1 Å². The van der Waals surface area contributed by atoms with Gasteiger partial charge in [-0.2, -0.15) is 0 Å². The molecule has 1 aromatic carbocycles. The van der Waals surface area contributed by atoms with Crippen LogP contribution in [0.5, 0.6) is 0 Å². The second kappa shape index (κ2) is 4.22. The van der Waals surface area contributed by atoms with Gasteiger partial charge in [-0.25, -0.2) is 4.79 Å². The van der Waals surface area contributed by atoms with E-state index in [-0.39, 0.29) is 11.6 Å². The Balaban J connectivity index is 1.82. The number of hydrogen-bond donors (Lipinski definition) is 1. The lowest BCUT2D eigenvalue weighted by molar-refractivity contribution is 0.0584. The van der Waals surface area contributed by atoms with Gasteiger partial charge in [-0.1, -0.05) is 12.1 Å². The van der Waals surface area contributed by atoms with Crippen molar-refractivity contribution in [2.24, 2.45) is 5.73 Å². The molecule has 0 saturated heterocycles. The van der Waals surface area contributed by atoms with E-state index in [1.165, 1.54) is 11.1 Å². The maximum absolute atomic E-state index is 12.2. The van der Waals surface area contributed by atoms with Crippen LogP contribution in [0.4, 0.5) is 10.5 Å². The lowest BCUT2D eigenvalue weighted by Gasteiger charge is -2.25. The molecular formula is C16H22N2O2. The monoisotopic (exact) mass is 274 g/mol. The summed E-state index contributed by atoms with van der Waals surface area (Å²) in [6.07, 6.45) is 2.72. The zero-order chi connectivity index (χ0) is 14.5. The Hall–Kier alpha value is -1.55. The Bertz CT molecular complexity index is 556. The first-order valence-corrected chi connectivity index (χ1v) is 7.21. The van der Waals surface area contributed by atoms with Crippen LogP contribution in [-0.4, -0.2) is 18.2 Å². The lowest BCUT2D eigenvalue weighted by atomic mass is 10.0. The number of carbonyl (C=O) groups excluding carboxylic acids is 1. The third-order valence-corrected chi connectivity index (χ3v) is 3.95. The number of hydrogen-bond acceptors (Lipinski definition) is 3. The van der Waals surface area contributed by atoms with Gasteiger partial charge in [0.05, 0.1) is 5.69 Å². The molecule has 108 valence electrons. The second-order valence-corrected chi connectivity index (χ2v) is 6.88. The van der Waals surface area contributed by atoms with Crippen LogP contribution in [0, 0.1) is 0 Å². The smallest absolute Gasteiger partial charge is 0.414 e. The molecular weight excluding hydrogens is 252 g/mol. The van der Waals surface area contributed by atoms with Crippen molar-refractivity contribution in [3.63, 3.8) is 0 Å². The van der Waals surface area contributed by atoms with Crippen molar-refractivity contribution in [1.29, 1.82) is 0 Å². The molecule has 0 bridgehead atoms. The highest BCUT2D eigenvalue weighted by Crippen LogP contribution is 2.44. The zero-order valence-electron chi connectivity index (χ0n) is 12.4. The van der Waals surface area contributed by atoms with Crippen LogP contribution in [0.15, 0.2) is 18.2 Å². The van der Waals surface area contributed by atoms with Crippen molar-refractivity contribution < 1.29 is 9.53 Å². The van der Waals surface area contributed by atoms with Crippen LogP contribution < -0.4 is 10.6 Å². The molecule has 4 heteroatoms. The van der Waals surface area contributed by atoms with Crippen LogP contribution >= 0.6 is 0 Å².